The summed E-state index contributed by atoms with van der Waals surface area (Å²) < 4.78 is 33.3. The van der Waals surface area contributed by atoms with E-state index in [2.05, 4.69) is 5.32 Å². The molecule has 174 valence electrons. The molecule has 3 aromatic carbocycles. The maximum absolute atomic E-state index is 13.4. The number of sulfonamides is 1. The van der Waals surface area contributed by atoms with Crippen molar-refractivity contribution in [1.82, 2.24) is 5.32 Å². The van der Waals surface area contributed by atoms with Gasteiger partial charge in [-0.25, -0.2) is 8.42 Å². The fourth-order valence-electron chi connectivity index (χ4n) is 2.91. The normalized spacial score (nSPS) is 11.2. The maximum Gasteiger partial charge on any atom is 0.264 e. The summed E-state index contributed by atoms with van der Waals surface area (Å²) in [5.74, 6) is 0.0901. The van der Waals surface area contributed by atoms with E-state index in [-0.39, 0.29) is 33.8 Å². The summed E-state index contributed by atoms with van der Waals surface area (Å²) in [5.41, 5.74) is 1.09. The van der Waals surface area contributed by atoms with Crippen LogP contribution in [0.1, 0.15) is 5.56 Å². The molecule has 3 aromatic rings. The molecule has 1 amide bonds. The Labute approximate surface area is 208 Å². The zero-order valence-corrected chi connectivity index (χ0v) is 20.7. The van der Waals surface area contributed by atoms with Gasteiger partial charge in [0.25, 0.3) is 10.0 Å². The lowest BCUT2D eigenvalue weighted by Crippen LogP contribution is -2.42. The summed E-state index contributed by atoms with van der Waals surface area (Å²) in [7, 11) is -4.07. The SMILES string of the molecule is Cc1ccc(S(=O)(=O)N(CC(=O)NCCOc2ccc(Cl)cc2)c2cc(Cl)cc(Cl)c2)cc1. The van der Waals surface area contributed by atoms with Gasteiger partial charge in [-0.15, -0.1) is 0 Å². The fraction of sp³-hybridized carbons (Fsp3) is 0.174. The van der Waals surface area contributed by atoms with Crippen molar-refractivity contribution < 1.29 is 17.9 Å². The van der Waals surface area contributed by atoms with Gasteiger partial charge in [-0.3, -0.25) is 9.10 Å². The van der Waals surface area contributed by atoms with E-state index in [1.807, 2.05) is 6.92 Å². The van der Waals surface area contributed by atoms with Gasteiger partial charge >= 0.3 is 0 Å². The van der Waals surface area contributed by atoms with E-state index in [1.165, 1.54) is 30.3 Å². The van der Waals surface area contributed by atoms with Crippen LogP contribution < -0.4 is 14.4 Å². The summed E-state index contributed by atoms with van der Waals surface area (Å²) >= 11 is 18.0. The Bertz CT molecular complexity index is 1200. The van der Waals surface area contributed by atoms with Crippen LogP contribution in [0.4, 0.5) is 5.69 Å². The third kappa shape index (κ3) is 7.01. The van der Waals surface area contributed by atoms with Crippen LogP contribution in [-0.2, 0) is 14.8 Å². The smallest absolute Gasteiger partial charge is 0.264 e. The molecule has 1 N–H and O–H groups in total. The molecule has 0 saturated heterocycles. The first-order valence-electron chi connectivity index (χ1n) is 9.86. The fourth-order valence-corrected chi connectivity index (χ4v) is 4.96. The summed E-state index contributed by atoms with van der Waals surface area (Å²) in [4.78, 5) is 12.7. The van der Waals surface area contributed by atoms with Gasteiger partial charge in [0.2, 0.25) is 5.91 Å². The van der Waals surface area contributed by atoms with Crippen LogP contribution in [0.2, 0.25) is 15.1 Å². The number of rotatable bonds is 9. The molecule has 0 bridgehead atoms. The molecule has 0 unspecified atom stereocenters. The Morgan fingerprint density at radius 1 is 0.909 bits per heavy atom. The summed E-state index contributed by atoms with van der Waals surface area (Å²) in [6, 6.07) is 17.5. The number of anilines is 1. The highest BCUT2D eigenvalue weighted by Crippen LogP contribution is 2.29. The lowest BCUT2D eigenvalue weighted by molar-refractivity contribution is -0.119. The number of hydrogen-bond acceptors (Lipinski definition) is 4. The van der Waals surface area contributed by atoms with Crippen molar-refractivity contribution >= 4 is 56.4 Å². The molecule has 10 heteroatoms. The molecular formula is C23H21Cl3N2O4S. The number of ether oxygens (including phenoxy) is 1. The van der Waals surface area contributed by atoms with Crippen LogP contribution in [0.5, 0.6) is 5.75 Å². The van der Waals surface area contributed by atoms with Crippen molar-refractivity contribution in [2.75, 3.05) is 24.0 Å². The number of carbonyl (C=O) groups is 1. The van der Waals surface area contributed by atoms with Gasteiger partial charge in [0.05, 0.1) is 17.1 Å². The third-order valence-corrected chi connectivity index (χ3v) is 7.01. The van der Waals surface area contributed by atoms with Gasteiger partial charge in [-0.1, -0.05) is 52.5 Å². The van der Waals surface area contributed by atoms with E-state index in [9.17, 15) is 13.2 Å². The Kier molecular flexibility index (Phi) is 8.48. The molecule has 0 heterocycles. The Hall–Kier alpha value is -2.45. The van der Waals surface area contributed by atoms with Crippen molar-refractivity contribution in [2.45, 2.75) is 11.8 Å². The average molecular weight is 528 g/mol. The first-order valence-corrected chi connectivity index (χ1v) is 12.4. The Morgan fingerprint density at radius 3 is 2.12 bits per heavy atom. The number of carbonyl (C=O) groups excluding carboxylic acids is 1. The Balaban J connectivity index is 1.74. The molecule has 0 fully saturated rings. The molecule has 0 aromatic heterocycles. The quantitative estimate of drug-likeness (QED) is 0.381. The van der Waals surface area contributed by atoms with Gasteiger partial charge in [0.1, 0.15) is 18.9 Å². The molecule has 3 rings (SSSR count). The first kappa shape index (κ1) is 25.2. The topological polar surface area (TPSA) is 75.7 Å². The number of nitrogens with zero attached hydrogens (tertiary/aromatic N) is 1. The summed E-state index contributed by atoms with van der Waals surface area (Å²) in [5, 5.41) is 3.75. The van der Waals surface area contributed by atoms with Crippen LogP contribution in [-0.4, -0.2) is 34.0 Å². The van der Waals surface area contributed by atoms with E-state index in [4.69, 9.17) is 39.5 Å². The molecule has 33 heavy (non-hydrogen) atoms. The summed E-state index contributed by atoms with van der Waals surface area (Å²) in [6.45, 7) is 1.76. The van der Waals surface area contributed by atoms with Gasteiger partial charge in [-0.2, -0.15) is 0 Å². The predicted molar refractivity (Wildman–Crippen MR) is 132 cm³/mol. The molecule has 0 radical (unpaired) electrons. The van der Waals surface area contributed by atoms with Crippen molar-refractivity contribution in [1.29, 1.82) is 0 Å². The van der Waals surface area contributed by atoms with Crippen LogP contribution in [0.3, 0.4) is 0 Å². The first-order chi connectivity index (χ1) is 15.6. The zero-order valence-electron chi connectivity index (χ0n) is 17.6. The molecule has 0 aliphatic rings. The largest absolute Gasteiger partial charge is 0.492 e. The average Bonchev–Trinajstić information content (AvgIpc) is 2.76. The van der Waals surface area contributed by atoms with Crippen molar-refractivity contribution in [3.05, 3.63) is 87.4 Å². The molecule has 6 nitrogen and oxygen atoms in total. The minimum Gasteiger partial charge on any atom is -0.492 e. The molecule has 0 spiro atoms. The number of aryl methyl sites for hydroxylation is 1. The van der Waals surface area contributed by atoms with Gasteiger partial charge in [0, 0.05) is 15.1 Å². The van der Waals surface area contributed by atoms with Crippen LogP contribution in [0.25, 0.3) is 0 Å². The summed E-state index contributed by atoms with van der Waals surface area (Å²) in [6.07, 6.45) is 0. The number of nitrogens with one attached hydrogen (secondary N) is 1. The third-order valence-electron chi connectivity index (χ3n) is 4.54. The van der Waals surface area contributed by atoms with Gasteiger partial charge in [0.15, 0.2) is 0 Å². The molecule has 0 aliphatic heterocycles. The molecule has 0 aliphatic carbocycles. The monoisotopic (exact) mass is 526 g/mol. The van der Waals surface area contributed by atoms with Crippen LogP contribution in [0.15, 0.2) is 71.6 Å². The second-order valence-corrected chi connectivity index (χ2v) is 10.3. The van der Waals surface area contributed by atoms with Crippen LogP contribution in [0, 0.1) is 6.92 Å². The zero-order chi connectivity index (χ0) is 24.0. The number of halogens is 3. The van der Waals surface area contributed by atoms with Crippen LogP contribution >= 0.6 is 34.8 Å². The van der Waals surface area contributed by atoms with E-state index in [1.54, 1.807) is 36.4 Å². The lowest BCUT2D eigenvalue weighted by Gasteiger charge is -2.24. The minimum atomic E-state index is -4.07. The highest BCUT2D eigenvalue weighted by Gasteiger charge is 2.27. The highest BCUT2D eigenvalue weighted by atomic mass is 35.5. The van der Waals surface area contributed by atoms with Gasteiger partial charge < -0.3 is 10.1 Å². The highest BCUT2D eigenvalue weighted by molar-refractivity contribution is 7.92. The second-order valence-electron chi connectivity index (χ2n) is 7.10. The van der Waals surface area contributed by atoms with E-state index in [0.29, 0.717) is 10.8 Å². The lowest BCUT2D eigenvalue weighted by atomic mass is 10.2. The molecular weight excluding hydrogens is 507 g/mol. The molecule has 0 saturated carbocycles. The molecule has 0 atom stereocenters. The number of amides is 1. The predicted octanol–water partition coefficient (Wildman–Crippen LogP) is 5.35. The van der Waals surface area contributed by atoms with E-state index < -0.39 is 22.5 Å². The van der Waals surface area contributed by atoms with Crippen molar-refractivity contribution in [3.8, 4) is 5.75 Å². The van der Waals surface area contributed by atoms with Crippen molar-refractivity contribution in [3.63, 3.8) is 0 Å². The Morgan fingerprint density at radius 2 is 1.52 bits per heavy atom. The maximum atomic E-state index is 13.4. The second kappa shape index (κ2) is 11.1. The van der Waals surface area contributed by atoms with Gasteiger partial charge in [-0.05, 0) is 61.5 Å². The number of hydrogen-bond donors (Lipinski definition) is 1. The van der Waals surface area contributed by atoms with E-state index in [0.717, 1.165) is 9.87 Å². The van der Waals surface area contributed by atoms with E-state index >= 15 is 0 Å². The minimum absolute atomic E-state index is 0.0445. The number of benzene rings is 3. The standard InChI is InChI=1S/C23H21Cl3N2O4S/c1-16-2-8-22(9-3-16)33(30,31)28(20-13-18(25)12-19(26)14-20)15-23(29)27-10-11-32-21-6-4-17(24)5-7-21/h2-9,12-14H,10-11,15H2,1H3,(H,27,29). The van der Waals surface area contributed by atoms with Crippen molar-refractivity contribution in [2.24, 2.45) is 0 Å².